The molecule has 0 saturated carbocycles. The molecule has 3 rings (SSSR count). The highest BCUT2D eigenvalue weighted by Crippen LogP contribution is 2.33. The number of benzene rings is 3. The summed E-state index contributed by atoms with van der Waals surface area (Å²) < 4.78 is 35.0. The minimum absolute atomic E-state index is 0.0508. The van der Waals surface area contributed by atoms with Gasteiger partial charge in [-0.2, -0.15) is 0 Å². The van der Waals surface area contributed by atoms with E-state index < -0.39 is 28.5 Å². The summed E-state index contributed by atoms with van der Waals surface area (Å²) in [6.07, 6.45) is 0.737. The van der Waals surface area contributed by atoms with Crippen LogP contribution in [0, 0.1) is 13.8 Å². The van der Waals surface area contributed by atoms with Gasteiger partial charge in [-0.25, -0.2) is 8.42 Å². The lowest BCUT2D eigenvalue weighted by molar-refractivity contribution is -0.139. The lowest BCUT2D eigenvalue weighted by Gasteiger charge is -2.33. The summed E-state index contributed by atoms with van der Waals surface area (Å²) in [7, 11) is -4.18. The molecule has 0 fully saturated rings. The number of nitrogens with zero attached hydrogens (tertiary/aromatic N) is 2. The van der Waals surface area contributed by atoms with Gasteiger partial charge in [0.25, 0.3) is 10.0 Å². The molecular weight excluding hydrogens is 538 g/mol. The van der Waals surface area contributed by atoms with Crippen molar-refractivity contribution in [2.45, 2.75) is 71.5 Å². The maximum atomic E-state index is 14.1. The van der Waals surface area contributed by atoms with Crippen molar-refractivity contribution in [3.05, 3.63) is 89.5 Å². The number of hydrogen-bond acceptors (Lipinski definition) is 5. The highest BCUT2D eigenvalue weighted by Gasteiger charge is 2.34. The van der Waals surface area contributed by atoms with E-state index in [-0.39, 0.29) is 29.1 Å². The highest BCUT2D eigenvalue weighted by atomic mass is 32.2. The van der Waals surface area contributed by atoms with Crippen LogP contribution < -0.4 is 14.4 Å². The Hall–Kier alpha value is -3.85. The van der Waals surface area contributed by atoms with Gasteiger partial charge >= 0.3 is 0 Å². The van der Waals surface area contributed by atoms with Crippen LogP contribution in [0.4, 0.5) is 5.69 Å². The molecule has 2 amide bonds. The van der Waals surface area contributed by atoms with Gasteiger partial charge in [-0.1, -0.05) is 66.6 Å². The van der Waals surface area contributed by atoms with Crippen molar-refractivity contribution in [2.75, 3.05) is 17.5 Å². The molecule has 0 aromatic heterocycles. The molecule has 1 N–H and O–H groups in total. The first kappa shape index (κ1) is 31.7. The van der Waals surface area contributed by atoms with Crippen LogP contribution in [-0.4, -0.2) is 50.4 Å². The number of rotatable bonds is 13. The van der Waals surface area contributed by atoms with Crippen molar-refractivity contribution in [1.82, 2.24) is 10.2 Å². The Balaban J connectivity index is 2.07. The summed E-state index contributed by atoms with van der Waals surface area (Å²) in [5, 5.41) is 2.95. The van der Waals surface area contributed by atoms with Crippen molar-refractivity contribution < 1.29 is 22.7 Å². The lowest BCUT2D eigenvalue weighted by atomic mass is 10.1. The molecule has 8 nitrogen and oxygen atoms in total. The van der Waals surface area contributed by atoms with E-state index in [1.165, 1.54) is 17.0 Å². The van der Waals surface area contributed by atoms with Crippen molar-refractivity contribution >= 4 is 27.5 Å². The van der Waals surface area contributed by atoms with Crippen LogP contribution in [0.5, 0.6) is 5.75 Å². The molecule has 0 unspecified atom stereocenters. The molecule has 41 heavy (non-hydrogen) atoms. The number of amides is 2. The summed E-state index contributed by atoms with van der Waals surface area (Å²) in [6, 6.07) is 20.0. The fraction of sp³-hybridized carbons (Fsp3) is 0.375. The number of carbonyl (C=O) groups excluding carboxylic acids is 2. The molecule has 0 aliphatic heterocycles. The zero-order valence-corrected chi connectivity index (χ0v) is 25.6. The van der Waals surface area contributed by atoms with Crippen LogP contribution in [-0.2, 0) is 26.2 Å². The van der Waals surface area contributed by atoms with Gasteiger partial charge in [-0.15, -0.1) is 0 Å². The first-order chi connectivity index (χ1) is 19.5. The summed E-state index contributed by atoms with van der Waals surface area (Å²) in [6.45, 7) is 11.1. The van der Waals surface area contributed by atoms with Crippen LogP contribution in [0.2, 0.25) is 0 Å². The van der Waals surface area contributed by atoms with Crippen molar-refractivity contribution in [3.63, 3.8) is 0 Å². The molecule has 0 saturated heterocycles. The Morgan fingerprint density at radius 3 is 2.05 bits per heavy atom. The second-order valence-electron chi connectivity index (χ2n) is 10.2. The summed E-state index contributed by atoms with van der Waals surface area (Å²) in [5.74, 6) is -0.479. The Labute approximate surface area is 244 Å². The molecule has 2 atom stereocenters. The van der Waals surface area contributed by atoms with Crippen LogP contribution in [0.1, 0.15) is 50.8 Å². The van der Waals surface area contributed by atoms with Gasteiger partial charge in [0.1, 0.15) is 18.3 Å². The molecule has 220 valence electrons. The number of para-hydroxylation sites is 2. The summed E-state index contributed by atoms with van der Waals surface area (Å²) >= 11 is 0. The zero-order valence-electron chi connectivity index (χ0n) is 24.8. The van der Waals surface area contributed by atoms with Crippen LogP contribution in [0.25, 0.3) is 0 Å². The van der Waals surface area contributed by atoms with Crippen molar-refractivity contribution in [3.8, 4) is 5.75 Å². The molecule has 0 aliphatic carbocycles. The molecule has 0 heterocycles. The zero-order chi connectivity index (χ0) is 30.2. The maximum Gasteiger partial charge on any atom is 0.264 e. The third-order valence-electron chi connectivity index (χ3n) is 6.96. The standard InChI is InChI=1S/C32H41N3O5S/c1-7-25(5)33-32(37)26(6)34(21-27-17-13-23(3)14-18-27)31(36)22-35(29-11-9-10-12-30(29)40-8-2)41(38,39)28-19-15-24(4)16-20-28/h9-20,25-26H,7-8,21-22H2,1-6H3,(H,33,37)/t25-,26-/m0/s1. The van der Waals surface area contributed by atoms with Crippen molar-refractivity contribution in [2.24, 2.45) is 0 Å². The van der Waals surface area contributed by atoms with E-state index in [4.69, 9.17) is 4.74 Å². The van der Waals surface area contributed by atoms with Gasteiger partial charge < -0.3 is 15.0 Å². The predicted octanol–water partition coefficient (Wildman–Crippen LogP) is 5.23. The normalized spacial score (nSPS) is 12.7. The van der Waals surface area contributed by atoms with Crippen LogP contribution >= 0.6 is 0 Å². The van der Waals surface area contributed by atoms with Crippen LogP contribution in [0.3, 0.4) is 0 Å². The molecular formula is C32H41N3O5S. The van der Waals surface area contributed by atoms with Gasteiger partial charge in [-0.05, 0) is 70.9 Å². The average molecular weight is 580 g/mol. The van der Waals surface area contributed by atoms with Crippen LogP contribution in [0.15, 0.2) is 77.7 Å². The van der Waals surface area contributed by atoms with E-state index in [9.17, 15) is 18.0 Å². The van der Waals surface area contributed by atoms with E-state index in [1.807, 2.05) is 58.9 Å². The Morgan fingerprint density at radius 1 is 0.878 bits per heavy atom. The number of aryl methyl sites for hydroxylation is 2. The predicted molar refractivity (Wildman–Crippen MR) is 162 cm³/mol. The SMILES string of the molecule is CCOc1ccccc1N(CC(=O)N(Cc1ccc(C)cc1)[C@@H](C)C(=O)N[C@@H](C)CC)S(=O)(=O)c1ccc(C)cc1. The van der Waals surface area contributed by atoms with Gasteiger partial charge in [0.15, 0.2) is 0 Å². The number of carbonyl (C=O) groups is 2. The Kier molecular flexibility index (Phi) is 10.9. The average Bonchev–Trinajstić information content (AvgIpc) is 2.95. The quantitative estimate of drug-likeness (QED) is 0.299. The first-order valence-electron chi connectivity index (χ1n) is 13.9. The maximum absolute atomic E-state index is 14.1. The van der Waals surface area contributed by atoms with E-state index in [1.54, 1.807) is 43.3 Å². The number of sulfonamides is 1. The second-order valence-corrected chi connectivity index (χ2v) is 12.1. The van der Waals surface area contributed by atoms with E-state index in [0.717, 1.165) is 27.4 Å². The Morgan fingerprint density at radius 2 is 1.46 bits per heavy atom. The van der Waals surface area contributed by atoms with E-state index >= 15 is 0 Å². The molecule has 0 radical (unpaired) electrons. The van der Waals surface area contributed by atoms with E-state index in [0.29, 0.717) is 12.4 Å². The molecule has 0 spiro atoms. The topological polar surface area (TPSA) is 96.0 Å². The number of nitrogens with one attached hydrogen (secondary N) is 1. The number of anilines is 1. The highest BCUT2D eigenvalue weighted by molar-refractivity contribution is 7.92. The fourth-order valence-electron chi connectivity index (χ4n) is 4.23. The third kappa shape index (κ3) is 8.10. The van der Waals surface area contributed by atoms with Crippen molar-refractivity contribution in [1.29, 1.82) is 0 Å². The fourth-order valence-corrected chi connectivity index (χ4v) is 5.65. The second kappa shape index (κ2) is 14.2. The summed E-state index contributed by atoms with van der Waals surface area (Å²) in [4.78, 5) is 28.8. The van der Waals surface area contributed by atoms with Gasteiger partial charge in [0.2, 0.25) is 11.8 Å². The Bertz CT molecular complexity index is 1420. The van der Waals surface area contributed by atoms with Gasteiger partial charge in [0, 0.05) is 12.6 Å². The molecule has 3 aromatic carbocycles. The van der Waals surface area contributed by atoms with Gasteiger partial charge in [0.05, 0.1) is 17.2 Å². The summed E-state index contributed by atoms with van der Waals surface area (Å²) in [5.41, 5.74) is 3.05. The van der Waals surface area contributed by atoms with Gasteiger partial charge in [-0.3, -0.25) is 13.9 Å². The molecule has 3 aromatic rings. The monoisotopic (exact) mass is 579 g/mol. The third-order valence-corrected chi connectivity index (χ3v) is 8.74. The number of ether oxygens (including phenoxy) is 1. The smallest absolute Gasteiger partial charge is 0.264 e. The molecule has 0 aliphatic rings. The molecule has 0 bridgehead atoms. The lowest BCUT2D eigenvalue weighted by Crippen LogP contribution is -2.52. The largest absolute Gasteiger partial charge is 0.492 e. The van der Waals surface area contributed by atoms with E-state index in [2.05, 4.69) is 5.32 Å². The minimum atomic E-state index is -4.18. The number of hydrogen-bond donors (Lipinski definition) is 1. The molecule has 9 heteroatoms. The first-order valence-corrected chi connectivity index (χ1v) is 15.4. The minimum Gasteiger partial charge on any atom is -0.492 e.